The lowest BCUT2D eigenvalue weighted by molar-refractivity contribution is 0.637. The molecule has 5 heteroatoms. The van der Waals surface area contributed by atoms with Gasteiger partial charge in [0, 0.05) is 34.2 Å². The molecule has 0 saturated carbocycles. The average Bonchev–Trinajstić information content (AvgIpc) is 2.86. The van der Waals surface area contributed by atoms with Crippen LogP contribution < -0.4 is 5.32 Å². The minimum atomic E-state index is 0.791. The number of aromatic nitrogens is 3. The summed E-state index contributed by atoms with van der Waals surface area (Å²) in [6.07, 6.45) is 5.73. The topological polar surface area (TPSA) is 42.7 Å². The fourth-order valence-corrected chi connectivity index (χ4v) is 2.69. The zero-order chi connectivity index (χ0) is 13.9. The maximum Gasteiger partial charge on any atom is 0.133 e. The van der Waals surface area contributed by atoms with Gasteiger partial charge in [-0.3, -0.25) is 4.68 Å². The van der Waals surface area contributed by atoms with Crippen molar-refractivity contribution in [3.05, 3.63) is 52.9 Å². The number of benzene rings is 1. The van der Waals surface area contributed by atoms with Crippen LogP contribution in [0.2, 0.25) is 0 Å². The Kier molecular flexibility index (Phi) is 3.69. The second-order valence-corrected chi connectivity index (χ2v) is 5.56. The molecule has 4 nitrogen and oxygen atoms in total. The molecule has 102 valence electrons. The van der Waals surface area contributed by atoms with Crippen LogP contribution in [0.5, 0.6) is 0 Å². The first-order valence-electron chi connectivity index (χ1n) is 6.50. The van der Waals surface area contributed by atoms with Gasteiger partial charge in [-0.15, -0.1) is 0 Å². The Morgan fingerprint density at radius 3 is 2.95 bits per heavy atom. The van der Waals surface area contributed by atoms with Gasteiger partial charge in [0.15, 0.2) is 0 Å². The molecule has 0 aliphatic rings. The molecule has 0 amide bonds. The van der Waals surface area contributed by atoms with Crippen LogP contribution in [0.15, 0.2) is 47.3 Å². The van der Waals surface area contributed by atoms with Crippen molar-refractivity contribution in [2.24, 2.45) is 0 Å². The smallest absolute Gasteiger partial charge is 0.133 e. The van der Waals surface area contributed by atoms with Gasteiger partial charge in [0.25, 0.3) is 0 Å². The van der Waals surface area contributed by atoms with Gasteiger partial charge in [0.05, 0.1) is 12.7 Å². The summed E-state index contributed by atoms with van der Waals surface area (Å²) in [5.41, 5.74) is 1.18. The maximum absolute atomic E-state index is 4.42. The molecule has 3 rings (SSSR count). The summed E-state index contributed by atoms with van der Waals surface area (Å²) in [6.45, 7) is 3.65. The Hall–Kier alpha value is -1.88. The standard InChI is InChI=1S/C15H15BrN4/c1-11-9-19-20(10-11)8-7-18-15-13-3-2-4-14(16)12(13)5-6-17-15/h2-6,9-10H,7-8H2,1H3,(H,17,18). The van der Waals surface area contributed by atoms with Gasteiger partial charge in [0.1, 0.15) is 5.82 Å². The van der Waals surface area contributed by atoms with Gasteiger partial charge in [-0.25, -0.2) is 4.98 Å². The van der Waals surface area contributed by atoms with E-state index in [4.69, 9.17) is 0 Å². The Morgan fingerprint density at radius 1 is 1.25 bits per heavy atom. The maximum atomic E-state index is 4.42. The largest absolute Gasteiger partial charge is 0.368 e. The van der Waals surface area contributed by atoms with E-state index in [-0.39, 0.29) is 0 Å². The van der Waals surface area contributed by atoms with E-state index in [1.165, 1.54) is 10.9 Å². The van der Waals surface area contributed by atoms with Gasteiger partial charge in [0.2, 0.25) is 0 Å². The molecule has 0 radical (unpaired) electrons. The average molecular weight is 331 g/mol. The van der Waals surface area contributed by atoms with Gasteiger partial charge in [-0.1, -0.05) is 28.1 Å². The van der Waals surface area contributed by atoms with E-state index in [0.29, 0.717) is 0 Å². The van der Waals surface area contributed by atoms with Gasteiger partial charge in [-0.05, 0) is 24.6 Å². The molecule has 0 unspecified atom stereocenters. The normalized spacial score (nSPS) is 10.9. The molecule has 1 N–H and O–H groups in total. The van der Waals surface area contributed by atoms with Crippen molar-refractivity contribution in [1.82, 2.24) is 14.8 Å². The summed E-state index contributed by atoms with van der Waals surface area (Å²) in [4.78, 5) is 4.42. The quantitative estimate of drug-likeness (QED) is 0.794. The monoisotopic (exact) mass is 330 g/mol. The lowest BCUT2D eigenvalue weighted by Gasteiger charge is -2.09. The molecule has 20 heavy (non-hydrogen) atoms. The highest BCUT2D eigenvalue weighted by Crippen LogP contribution is 2.27. The minimum Gasteiger partial charge on any atom is -0.368 e. The van der Waals surface area contributed by atoms with E-state index >= 15 is 0 Å². The van der Waals surface area contributed by atoms with Crippen molar-refractivity contribution in [2.45, 2.75) is 13.5 Å². The molecule has 0 aliphatic carbocycles. The third-order valence-electron chi connectivity index (χ3n) is 3.15. The summed E-state index contributed by atoms with van der Waals surface area (Å²) in [5, 5.41) is 9.94. The van der Waals surface area contributed by atoms with Crippen LogP contribution in [0.1, 0.15) is 5.56 Å². The first-order valence-corrected chi connectivity index (χ1v) is 7.29. The van der Waals surface area contributed by atoms with Crippen molar-refractivity contribution >= 4 is 32.5 Å². The van der Waals surface area contributed by atoms with Crippen LogP contribution in [0.25, 0.3) is 10.8 Å². The van der Waals surface area contributed by atoms with E-state index in [9.17, 15) is 0 Å². The lowest BCUT2D eigenvalue weighted by Crippen LogP contribution is -2.11. The lowest BCUT2D eigenvalue weighted by atomic mass is 10.1. The number of pyridine rings is 1. The summed E-state index contributed by atoms with van der Waals surface area (Å²) in [7, 11) is 0. The van der Waals surface area contributed by atoms with Crippen molar-refractivity contribution in [1.29, 1.82) is 0 Å². The van der Waals surface area contributed by atoms with Crippen LogP contribution in [-0.2, 0) is 6.54 Å². The number of halogens is 1. The molecule has 0 bridgehead atoms. The number of aryl methyl sites for hydroxylation is 1. The Labute approximate surface area is 126 Å². The number of anilines is 1. The molecular weight excluding hydrogens is 316 g/mol. The molecular formula is C15H15BrN4. The highest BCUT2D eigenvalue weighted by molar-refractivity contribution is 9.10. The Morgan fingerprint density at radius 2 is 2.15 bits per heavy atom. The molecule has 0 fully saturated rings. The van der Waals surface area contributed by atoms with E-state index < -0.39 is 0 Å². The van der Waals surface area contributed by atoms with E-state index in [0.717, 1.165) is 28.8 Å². The van der Waals surface area contributed by atoms with Gasteiger partial charge >= 0.3 is 0 Å². The van der Waals surface area contributed by atoms with Crippen molar-refractivity contribution in [3.63, 3.8) is 0 Å². The highest BCUT2D eigenvalue weighted by atomic mass is 79.9. The summed E-state index contributed by atoms with van der Waals surface area (Å²) >= 11 is 3.57. The third-order valence-corrected chi connectivity index (χ3v) is 3.84. The van der Waals surface area contributed by atoms with Crippen LogP contribution in [0, 0.1) is 6.92 Å². The Bertz CT molecular complexity index is 736. The van der Waals surface area contributed by atoms with Crippen LogP contribution in [-0.4, -0.2) is 21.3 Å². The number of nitrogens with zero attached hydrogens (tertiary/aromatic N) is 3. The van der Waals surface area contributed by atoms with Gasteiger partial charge in [-0.2, -0.15) is 5.10 Å². The predicted octanol–water partition coefficient (Wildman–Crippen LogP) is 3.61. The van der Waals surface area contributed by atoms with Crippen LogP contribution in [0.3, 0.4) is 0 Å². The number of nitrogens with one attached hydrogen (secondary N) is 1. The first-order chi connectivity index (χ1) is 9.74. The number of rotatable bonds is 4. The van der Waals surface area contributed by atoms with Crippen molar-refractivity contribution in [3.8, 4) is 0 Å². The number of hydrogen-bond donors (Lipinski definition) is 1. The molecule has 1 aromatic carbocycles. The molecule has 0 aliphatic heterocycles. The molecule has 2 heterocycles. The Balaban J connectivity index is 1.76. The summed E-state index contributed by atoms with van der Waals surface area (Å²) < 4.78 is 3.02. The minimum absolute atomic E-state index is 0.791. The fourth-order valence-electron chi connectivity index (χ4n) is 2.19. The zero-order valence-corrected chi connectivity index (χ0v) is 12.8. The van der Waals surface area contributed by atoms with E-state index in [2.05, 4.69) is 37.4 Å². The first kappa shape index (κ1) is 13.1. The van der Waals surface area contributed by atoms with Crippen LogP contribution in [0.4, 0.5) is 5.82 Å². The van der Waals surface area contributed by atoms with Crippen molar-refractivity contribution in [2.75, 3.05) is 11.9 Å². The van der Waals surface area contributed by atoms with Gasteiger partial charge < -0.3 is 5.32 Å². The number of hydrogen-bond acceptors (Lipinski definition) is 3. The molecule has 0 atom stereocenters. The molecule has 3 aromatic rings. The predicted molar refractivity (Wildman–Crippen MR) is 84.9 cm³/mol. The third kappa shape index (κ3) is 2.67. The summed E-state index contributed by atoms with van der Waals surface area (Å²) in [5.74, 6) is 0.910. The molecule has 0 spiro atoms. The fraction of sp³-hybridized carbons (Fsp3) is 0.200. The van der Waals surface area contributed by atoms with E-state index in [1.54, 1.807) is 0 Å². The van der Waals surface area contributed by atoms with E-state index in [1.807, 2.05) is 48.4 Å². The van der Waals surface area contributed by atoms with Crippen molar-refractivity contribution < 1.29 is 0 Å². The zero-order valence-electron chi connectivity index (χ0n) is 11.2. The highest BCUT2D eigenvalue weighted by Gasteiger charge is 2.04. The molecule has 2 aromatic heterocycles. The van der Waals surface area contributed by atoms with Crippen LogP contribution >= 0.6 is 15.9 Å². The SMILES string of the molecule is Cc1cnn(CCNc2nccc3c(Br)cccc23)c1. The molecule has 0 saturated heterocycles. The summed E-state index contributed by atoms with van der Waals surface area (Å²) in [6, 6.07) is 8.16. The number of fused-ring (bicyclic) bond motifs is 1. The second-order valence-electron chi connectivity index (χ2n) is 4.70. The second kappa shape index (κ2) is 5.63.